The molecule has 0 atom stereocenters. The van der Waals surface area contributed by atoms with Gasteiger partial charge in [-0.3, -0.25) is 4.98 Å². The second-order valence-corrected chi connectivity index (χ2v) is 8.07. The third kappa shape index (κ3) is 5.36. The number of nitrogens with one attached hydrogen (secondary N) is 1. The van der Waals surface area contributed by atoms with E-state index in [0.717, 1.165) is 17.2 Å². The highest BCUT2D eigenvalue weighted by Crippen LogP contribution is 2.33. The molecule has 0 saturated carbocycles. The Kier molecular flexibility index (Phi) is 6.42. The summed E-state index contributed by atoms with van der Waals surface area (Å²) in [5.41, 5.74) is 2.10. The Hall–Kier alpha value is -3.33. The summed E-state index contributed by atoms with van der Waals surface area (Å²) in [5, 5.41) is 3.16. The van der Waals surface area contributed by atoms with Crippen molar-refractivity contribution in [1.82, 2.24) is 14.9 Å². The summed E-state index contributed by atoms with van der Waals surface area (Å²) >= 11 is 6.44. The van der Waals surface area contributed by atoms with Crippen molar-refractivity contribution in [3.05, 3.63) is 82.3 Å². The topological polar surface area (TPSA) is 71.3 Å². The number of carbonyl (C=O) groups excluding carboxylic acids is 1. The van der Waals surface area contributed by atoms with E-state index >= 15 is 0 Å². The zero-order valence-electron chi connectivity index (χ0n) is 17.6. The van der Waals surface area contributed by atoms with E-state index in [1.54, 1.807) is 17.3 Å². The van der Waals surface area contributed by atoms with E-state index in [-0.39, 0.29) is 11.6 Å². The number of anilines is 1. The summed E-state index contributed by atoms with van der Waals surface area (Å²) < 4.78 is 44.0. The predicted molar refractivity (Wildman–Crippen MR) is 118 cm³/mol. The number of rotatable bonds is 4. The number of amides is 2. The molecule has 1 aliphatic rings. The number of nitrogens with zero attached hydrogens (tertiary/aromatic N) is 3. The largest absolute Gasteiger partial charge is 0.449 e. The molecule has 3 aromatic rings. The van der Waals surface area contributed by atoms with Gasteiger partial charge in [0.05, 0.1) is 28.9 Å². The lowest BCUT2D eigenvalue weighted by atomic mass is 10.0. The molecule has 2 amide bonds. The molecule has 3 heterocycles. The molecule has 33 heavy (non-hydrogen) atoms. The van der Waals surface area contributed by atoms with Gasteiger partial charge in [-0.2, -0.15) is 13.2 Å². The van der Waals surface area contributed by atoms with Gasteiger partial charge >= 0.3 is 12.2 Å². The Morgan fingerprint density at radius 1 is 1.27 bits per heavy atom. The van der Waals surface area contributed by atoms with Gasteiger partial charge < -0.3 is 14.6 Å². The SMILES string of the molecule is Cc1cc(NC(=O)N2CC=C(c3ncc(Cc4ncco4)cc3Cl)CC2)ccc1C(F)(F)F. The smallest absolute Gasteiger partial charge is 0.416 e. The molecule has 0 unspecified atom stereocenters. The minimum absolute atomic E-state index is 0.0492. The first-order chi connectivity index (χ1) is 15.7. The summed E-state index contributed by atoms with van der Waals surface area (Å²) in [7, 11) is 0. The van der Waals surface area contributed by atoms with Gasteiger partial charge in [0, 0.05) is 25.0 Å². The van der Waals surface area contributed by atoms with Crippen LogP contribution in [-0.2, 0) is 12.6 Å². The Morgan fingerprint density at radius 2 is 2.09 bits per heavy atom. The molecule has 0 aliphatic carbocycles. The summed E-state index contributed by atoms with van der Waals surface area (Å²) in [6.07, 6.45) is 3.28. The van der Waals surface area contributed by atoms with Crippen molar-refractivity contribution in [3.63, 3.8) is 0 Å². The lowest BCUT2D eigenvalue weighted by molar-refractivity contribution is -0.138. The van der Waals surface area contributed by atoms with Crippen molar-refractivity contribution in [2.24, 2.45) is 0 Å². The number of alkyl halides is 3. The normalized spacial score (nSPS) is 14.2. The zero-order chi connectivity index (χ0) is 23.6. The Morgan fingerprint density at radius 3 is 2.70 bits per heavy atom. The van der Waals surface area contributed by atoms with Gasteiger partial charge in [0.1, 0.15) is 6.26 Å². The highest BCUT2D eigenvalue weighted by molar-refractivity contribution is 6.32. The van der Waals surface area contributed by atoms with Gasteiger partial charge in [0.25, 0.3) is 0 Å². The Labute approximate surface area is 193 Å². The fourth-order valence-corrected chi connectivity index (χ4v) is 3.97. The maximum atomic E-state index is 12.9. The first-order valence-corrected chi connectivity index (χ1v) is 10.5. The van der Waals surface area contributed by atoms with E-state index in [1.165, 1.54) is 25.3 Å². The lowest BCUT2D eigenvalue weighted by Gasteiger charge is -2.27. The average molecular weight is 477 g/mol. The van der Waals surface area contributed by atoms with Crippen LogP contribution < -0.4 is 5.32 Å². The molecule has 2 aromatic heterocycles. The number of carbonyl (C=O) groups is 1. The van der Waals surface area contributed by atoms with Gasteiger partial charge in [0.15, 0.2) is 5.89 Å². The second-order valence-electron chi connectivity index (χ2n) is 7.66. The third-order valence-corrected chi connectivity index (χ3v) is 5.61. The molecule has 0 spiro atoms. The number of urea groups is 1. The van der Waals surface area contributed by atoms with Crippen LogP contribution in [0, 0.1) is 6.92 Å². The van der Waals surface area contributed by atoms with Gasteiger partial charge in [-0.15, -0.1) is 0 Å². The maximum Gasteiger partial charge on any atom is 0.416 e. The van der Waals surface area contributed by atoms with Gasteiger partial charge in [-0.25, -0.2) is 9.78 Å². The fourth-order valence-electron chi connectivity index (χ4n) is 3.66. The van der Waals surface area contributed by atoms with Crippen molar-refractivity contribution in [2.45, 2.75) is 25.9 Å². The molecule has 10 heteroatoms. The van der Waals surface area contributed by atoms with E-state index in [4.69, 9.17) is 16.0 Å². The summed E-state index contributed by atoms with van der Waals surface area (Å²) in [4.78, 5) is 22.7. The number of halogens is 4. The number of pyridine rings is 1. The predicted octanol–water partition coefficient (Wildman–Crippen LogP) is 5.96. The van der Waals surface area contributed by atoms with Crippen LogP contribution in [0.2, 0.25) is 5.02 Å². The van der Waals surface area contributed by atoms with Crippen LogP contribution in [0.1, 0.15) is 34.7 Å². The average Bonchev–Trinajstić information content (AvgIpc) is 3.26. The molecule has 0 saturated heterocycles. The number of aryl methyl sites for hydroxylation is 1. The van der Waals surface area contributed by atoms with Gasteiger partial charge in [-0.1, -0.05) is 17.7 Å². The number of aromatic nitrogens is 2. The van der Waals surface area contributed by atoms with E-state index in [1.807, 2.05) is 12.1 Å². The summed E-state index contributed by atoms with van der Waals surface area (Å²) in [5.74, 6) is 0.572. The lowest BCUT2D eigenvalue weighted by Crippen LogP contribution is -2.38. The first kappa shape index (κ1) is 22.8. The van der Waals surface area contributed by atoms with Crippen LogP contribution >= 0.6 is 11.6 Å². The van der Waals surface area contributed by atoms with E-state index < -0.39 is 11.7 Å². The number of hydrogen-bond acceptors (Lipinski definition) is 4. The van der Waals surface area contributed by atoms with E-state index in [0.29, 0.717) is 48.2 Å². The highest BCUT2D eigenvalue weighted by Gasteiger charge is 2.32. The molecular formula is C23H20ClF3N4O2. The Balaban J connectivity index is 1.39. The first-order valence-electron chi connectivity index (χ1n) is 10.2. The minimum Gasteiger partial charge on any atom is -0.449 e. The van der Waals surface area contributed by atoms with Gasteiger partial charge in [-0.05, 0) is 54.3 Å². The summed E-state index contributed by atoms with van der Waals surface area (Å²) in [6.45, 7) is 2.12. The van der Waals surface area contributed by atoms with Crippen LogP contribution in [0.5, 0.6) is 0 Å². The van der Waals surface area contributed by atoms with Crippen LogP contribution in [0.3, 0.4) is 0 Å². The fraction of sp³-hybridized carbons (Fsp3) is 0.261. The number of oxazole rings is 1. The van der Waals surface area contributed by atoms with E-state index in [9.17, 15) is 18.0 Å². The highest BCUT2D eigenvalue weighted by atomic mass is 35.5. The van der Waals surface area contributed by atoms with Crippen molar-refractivity contribution in [2.75, 3.05) is 18.4 Å². The third-order valence-electron chi connectivity index (χ3n) is 5.32. The zero-order valence-corrected chi connectivity index (χ0v) is 18.4. The molecule has 1 aromatic carbocycles. The molecule has 1 N–H and O–H groups in total. The molecule has 172 valence electrons. The number of hydrogen-bond donors (Lipinski definition) is 1. The quantitative estimate of drug-likeness (QED) is 0.504. The van der Waals surface area contributed by atoms with Crippen molar-refractivity contribution >= 4 is 28.9 Å². The molecule has 0 fully saturated rings. The Bertz CT molecular complexity index is 1190. The van der Waals surface area contributed by atoms with Crippen LogP contribution in [0.4, 0.5) is 23.7 Å². The number of benzene rings is 1. The van der Waals surface area contributed by atoms with E-state index in [2.05, 4.69) is 15.3 Å². The second kappa shape index (κ2) is 9.27. The molecule has 6 nitrogen and oxygen atoms in total. The summed E-state index contributed by atoms with van der Waals surface area (Å²) in [6, 6.07) is 4.97. The van der Waals surface area contributed by atoms with Crippen LogP contribution in [-0.4, -0.2) is 34.0 Å². The minimum atomic E-state index is -4.43. The standard InChI is InChI=1S/C23H20ClF3N4O2/c1-14-10-17(2-3-18(14)23(25,26)27)30-22(32)31-7-4-16(5-8-31)21-19(24)11-15(13-29-21)12-20-28-6-9-33-20/h2-4,6,9-11,13H,5,7-8,12H2,1H3,(H,30,32). The van der Waals surface area contributed by atoms with Crippen molar-refractivity contribution in [1.29, 1.82) is 0 Å². The molecule has 1 aliphatic heterocycles. The molecule has 4 rings (SSSR count). The van der Waals surface area contributed by atoms with Crippen molar-refractivity contribution < 1.29 is 22.4 Å². The van der Waals surface area contributed by atoms with Crippen LogP contribution in [0.25, 0.3) is 5.57 Å². The molecule has 0 bridgehead atoms. The maximum absolute atomic E-state index is 12.9. The molecular weight excluding hydrogens is 457 g/mol. The van der Waals surface area contributed by atoms with Crippen LogP contribution in [0.15, 0.2) is 53.4 Å². The van der Waals surface area contributed by atoms with Gasteiger partial charge in [0.2, 0.25) is 0 Å². The molecule has 0 radical (unpaired) electrons. The van der Waals surface area contributed by atoms with Crippen molar-refractivity contribution in [3.8, 4) is 0 Å². The monoisotopic (exact) mass is 476 g/mol.